The van der Waals surface area contributed by atoms with Crippen LogP contribution in [0.2, 0.25) is 0 Å². The van der Waals surface area contributed by atoms with Gasteiger partial charge >= 0.3 is 0 Å². The molecule has 2 aromatic rings. The third kappa shape index (κ3) is 3.41. The summed E-state index contributed by atoms with van der Waals surface area (Å²) >= 11 is 0. The van der Waals surface area contributed by atoms with E-state index in [2.05, 4.69) is 22.2 Å². The Morgan fingerprint density at radius 1 is 1.30 bits per heavy atom. The van der Waals surface area contributed by atoms with Crippen molar-refractivity contribution in [2.24, 2.45) is 0 Å². The van der Waals surface area contributed by atoms with E-state index in [4.69, 9.17) is 0 Å². The molecule has 2 heterocycles. The van der Waals surface area contributed by atoms with E-state index in [9.17, 15) is 9.50 Å². The lowest BCUT2D eigenvalue weighted by Gasteiger charge is -2.36. The first-order valence-corrected chi connectivity index (χ1v) is 8.15. The van der Waals surface area contributed by atoms with Crippen LogP contribution in [0.25, 0.3) is 11.3 Å². The van der Waals surface area contributed by atoms with Crippen molar-refractivity contribution in [1.29, 1.82) is 0 Å². The fraction of sp³-hybridized carbons (Fsp3) is 0.444. The molecular formula is C18H22FN3O. The third-order valence-corrected chi connectivity index (χ3v) is 4.55. The Hall–Kier alpha value is -1.85. The van der Waals surface area contributed by atoms with Crippen LogP contribution < -0.4 is 5.32 Å². The highest BCUT2D eigenvalue weighted by Gasteiger charge is 2.38. The van der Waals surface area contributed by atoms with Crippen LogP contribution in [-0.4, -0.2) is 27.7 Å². The molecule has 0 amide bonds. The number of halogens is 1. The Morgan fingerprint density at radius 2 is 2.09 bits per heavy atom. The molecule has 4 nitrogen and oxygen atoms in total. The summed E-state index contributed by atoms with van der Waals surface area (Å²) in [4.78, 5) is 8.44. The molecule has 0 aliphatic heterocycles. The van der Waals surface area contributed by atoms with Gasteiger partial charge in [-0.1, -0.05) is 13.0 Å². The summed E-state index contributed by atoms with van der Waals surface area (Å²) in [7, 11) is 0. The quantitative estimate of drug-likeness (QED) is 0.910. The van der Waals surface area contributed by atoms with E-state index in [0.29, 0.717) is 30.1 Å². The van der Waals surface area contributed by atoms with Crippen molar-refractivity contribution in [3.05, 3.63) is 48.2 Å². The fourth-order valence-corrected chi connectivity index (χ4v) is 3.28. The number of aliphatic hydroxyl groups is 1. The highest BCUT2D eigenvalue weighted by Crippen LogP contribution is 2.37. The molecule has 0 radical (unpaired) electrons. The average Bonchev–Trinajstić information content (AvgIpc) is 2.58. The second kappa shape index (κ2) is 6.72. The zero-order valence-electron chi connectivity index (χ0n) is 13.3. The van der Waals surface area contributed by atoms with E-state index in [-0.39, 0.29) is 5.69 Å². The number of hydrogen-bond acceptors (Lipinski definition) is 4. The number of aromatic nitrogens is 2. The lowest BCUT2D eigenvalue weighted by molar-refractivity contribution is -0.0151. The maximum absolute atomic E-state index is 14.5. The molecule has 2 N–H and O–H groups in total. The first-order chi connectivity index (χ1) is 11.1. The number of pyridine rings is 2. The van der Waals surface area contributed by atoms with Crippen molar-refractivity contribution < 1.29 is 9.50 Å². The van der Waals surface area contributed by atoms with Crippen LogP contribution >= 0.6 is 0 Å². The highest BCUT2D eigenvalue weighted by molar-refractivity contribution is 5.57. The summed E-state index contributed by atoms with van der Waals surface area (Å²) in [6.45, 7) is 2.98. The van der Waals surface area contributed by atoms with Crippen LogP contribution in [0.3, 0.4) is 0 Å². The summed E-state index contributed by atoms with van der Waals surface area (Å²) in [5.41, 5.74) is 0.288. The molecule has 1 aliphatic rings. The van der Waals surface area contributed by atoms with Crippen molar-refractivity contribution in [1.82, 2.24) is 15.3 Å². The Kier molecular flexibility index (Phi) is 4.68. The molecule has 1 aliphatic carbocycles. The van der Waals surface area contributed by atoms with Crippen molar-refractivity contribution in [3.8, 4) is 11.3 Å². The smallest absolute Gasteiger partial charge is 0.148 e. The van der Waals surface area contributed by atoms with Crippen molar-refractivity contribution in [2.75, 3.05) is 6.54 Å². The first-order valence-electron chi connectivity index (χ1n) is 8.15. The predicted octanol–water partition coefficient (Wildman–Crippen LogP) is 3.02. The van der Waals surface area contributed by atoms with Gasteiger partial charge in [-0.25, -0.2) is 4.39 Å². The normalized spacial score (nSPS) is 24.6. The van der Waals surface area contributed by atoms with Gasteiger partial charge in [0.05, 0.1) is 5.69 Å². The number of nitrogens with zero attached hydrogens (tertiary/aromatic N) is 2. The molecule has 0 aromatic carbocycles. The molecule has 0 bridgehead atoms. The number of rotatable bonds is 4. The summed E-state index contributed by atoms with van der Waals surface area (Å²) in [5.74, 6) is -0.461. The molecule has 0 unspecified atom stereocenters. The summed E-state index contributed by atoms with van der Waals surface area (Å²) < 4.78 is 14.5. The lowest BCUT2D eigenvalue weighted by atomic mass is 9.79. The van der Waals surface area contributed by atoms with Gasteiger partial charge in [0.25, 0.3) is 0 Å². The highest BCUT2D eigenvalue weighted by atomic mass is 19.1. The maximum atomic E-state index is 14.5. The lowest BCUT2D eigenvalue weighted by Crippen LogP contribution is -2.40. The first kappa shape index (κ1) is 16.0. The predicted molar refractivity (Wildman–Crippen MR) is 87.3 cm³/mol. The minimum absolute atomic E-state index is 0.159. The number of hydrogen-bond donors (Lipinski definition) is 2. The molecule has 5 heteroatoms. The van der Waals surface area contributed by atoms with Crippen LogP contribution in [0.4, 0.5) is 4.39 Å². The minimum Gasteiger partial charge on any atom is -0.383 e. The van der Waals surface area contributed by atoms with Crippen LogP contribution in [0.15, 0.2) is 36.7 Å². The Balaban J connectivity index is 1.81. The van der Waals surface area contributed by atoms with E-state index in [1.165, 1.54) is 6.07 Å². The maximum Gasteiger partial charge on any atom is 0.148 e. The van der Waals surface area contributed by atoms with Gasteiger partial charge in [0.2, 0.25) is 0 Å². The number of nitrogens with one attached hydrogen (secondary N) is 1. The van der Waals surface area contributed by atoms with Crippen LogP contribution in [0, 0.1) is 5.82 Å². The largest absolute Gasteiger partial charge is 0.383 e. The van der Waals surface area contributed by atoms with Gasteiger partial charge in [0.15, 0.2) is 0 Å². The Labute approximate surface area is 135 Å². The van der Waals surface area contributed by atoms with Gasteiger partial charge in [0, 0.05) is 24.0 Å². The SMILES string of the molecule is CCNC1CCC(O)(c2ncc(-c3ccccn3)cc2F)CC1. The monoisotopic (exact) mass is 315 g/mol. The van der Waals surface area contributed by atoms with Crippen LogP contribution in [0.5, 0.6) is 0 Å². The van der Waals surface area contributed by atoms with Gasteiger partial charge in [-0.3, -0.25) is 9.97 Å². The van der Waals surface area contributed by atoms with Gasteiger partial charge in [-0.05, 0) is 50.4 Å². The molecule has 0 spiro atoms. The molecule has 0 atom stereocenters. The summed E-state index contributed by atoms with van der Waals surface area (Å²) in [5, 5.41) is 14.2. The molecule has 3 rings (SSSR count). The molecule has 122 valence electrons. The molecular weight excluding hydrogens is 293 g/mol. The van der Waals surface area contributed by atoms with E-state index in [1.807, 2.05) is 18.2 Å². The van der Waals surface area contributed by atoms with Crippen LogP contribution in [-0.2, 0) is 5.60 Å². The van der Waals surface area contributed by atoms with E-state index < -0.39 is 11.4 Å². The van der Waals surface area contributed by atoms with Gasteiger partial charge < -0.3 is 10.4 Å². The van der Waals surface area contributed by atoms with Crippen molar-refractivity contribution in [3.63, 3.8) is 0 Å². The van der Waals surface area contributed by atoms with Gasteiger partial charge in [-0.15, -0.1) is 0 Å². The summed E-state index contributed by atoms with van der Waals surface area (Å²) in [6.07, 6.45) is 5.96. The van der Waals surface area contributed by atoms with Crippen LogP contribution in [0.1, 0.15) is 38.3 Å². The molecule has 23 heavy (non-hydrogen) atoms. The minimum atomic E-state index is -1.17. The van der Waals surface area contributed by atoms with E-state index >= 15 is 0 Å². The van der Waals surface area contributed by atoms with Crippen molar-refractivity contribution in [2.45, 2.75) is 44.2 Å². The standard InChI is InChI=1S/C18H22FN3O/c1-2-20-14-6-8-18(23,9-7-14)17-15(19)11-13(12-22-17)16-5-3-4-10-21-16/h3-5,10-12,14,20,23H,2,6-9H2,1H3. The fourth-order valence-electron chi connectivity index (χ4n) is 3.28. The zero-order valence-corrected chi connectivity index (χ0v) is 13.3. The molecule has 1 fully saturated rings. The second-order valence-corrected chi connectivity index (χ2v) is 6.13. The Morgan fingerprint density at radius 3 is 2.70 bits per heavy atom. The van der Waals surface area contributed by atoms with Gasteiger partial charge in [0.1, 0.15) is 17.1 Å². The average molecular weight is 315 g/mol. The molecule has 1 saturated carbocycles. The topological polar surface area (TPSA) is 58.0 Å². The molecule has 0 saturated heterocycles. The Bertz CT molecular complexity index is 655. The summed E-state index contributed by atoms with van der Waals surface area (Å²) in [6, 6.07) is 7.29. The van der Waals surface area contributed by atoms with E-state index in [1.54, 1.807) is 12.4 Å². The molecule has 2 aromatic heterocycles. The zero-order chi connectivity index (χ0) is 16.3. The van der Waals surface area contributed by atoms with Gasteiger partial charge in [-0.2, -0.15) is 0 Å². The van der Waals surface area contributed by atoms with E-state index in [0.717, 1.165) is 19.4 Å². The van der Waals surface area contributed by atoms with Crippen molar-refractivity contribution >= 4 is 0 Å². The second-order valence-electron chi connectivity index (χ2n) is 6.13. The third-order valence-electron chi connectivity index (χ3n) is 4.55.